The first kappa shape index (κ1) is 8.99. The summed E-state index contributed by atoms with van der Waals surface area (Å²) in [6, 6.07) is 1.07. The van der Waals surface area contributed by atoms with Crippen molar-refractivity contribution in [3.05, 3.63) is 27.1 Å². The molecule has 3 N–H and O–H groups in total. The summed E-state index contributed by atoms with van der Waals surface area (Å²) in [6.45, 7) is 0. The van der Waals surface area contributed by atoms with Gasteiger partial charge in [-0.15, -0.1) is 0 Å². The van der Waals surface area contributed by atoms with Crippen LogP contribution < -0.4 is 11.3 Å². The van der Waals surface area contributed by atoms with Gasteiger partial charge in [0.25, 0.3) is 12.0 Å². The second-order valence-electron chi connectivity index (χ2n) is 2.12. The molecule has 0 amide bonds. The number of nitrogens with two attached hydrogens (primary N) is 1. The number of rotatable bonds is 1. The number of hydrogen-bond donors (Lipinski definition) is 2. The van der Waals surface area contributed by atoms with Crippen molar-refractivity contribution in [3.8, 4) is 0 Å². The van der Waals surface area contributed by atoms with Crippen molar-refractivity contribution in [2.75, 3.05) is 5.73 Å². The summed E-state index contributed by atoms with van der Waals surface area (Å²) in [5.74, 6) is 0. The Morgan fingerprint density at radius 2 is 2.17 bits per heavy atom. The molecule has 0 aliphatic heterocycles. The zero-order chi connectivity index (χ0) is 9.30. The Labute approximate surface area is 71.2 Å². The molecule has 0 aliphatic rings. The molecular formula is C6H5ClF2N2O. The highest BCUT2D eigenvalue weighted by atomic mass is 35.5. The monoisotopic (exact) mass is 194 g/mol. The molecule has 0 bridgehead atoms. The van der Waals surface area contributed by atoms with E-state index in [1.54, 1.807) is 0 Å². The highest BCUT2D eigenvalue weighted by Gasteiger charge is 2.16. The number of nitrogen functional groups attached to an aromatic ring is 1. The molecule has 0 atom stereocenters. The first-order valence-electron chi connectivity index (χ1n) is 2.98. The highest BCUT2D eigenvalue weighted by Crippen LogP contribution is 2.21. The molecule has 0 aromatic carbocycles. The fourth-order valence-corrected chi connectivity index (χ4v) is 0.986. The summed E-state index contributed by atoms with van der Waals surface area (Å²) in [7, 11) is 0. The Balaban J connectivity index is 3.39. The molecule has 0 aliphatic carbocycles. The van der Waals surface area contributed by atoms with Crippen LogP contribution >= 0.6 is 11.6 Å². The number of anilines is 1. The number of aromatic amines is 1. The van der Waals surface area contributed by atoms with Crippen LogP contribution in [0.1, 0.15) is 12.0 Å². The van der Waals surface area contributed by atoms with E-state index in [0.29, 0.717) is 0 Å². The molecule has 6 heteroatoms. The Bertz CT molecular complexity index is 350. The van der Waals surface area contributed by atoms with Gasteiger partial charge in [0.15, 0.2) is 0 Å². The van der Waals surface area contributed by atoms with E-state index in [9.17, 15) is 13.6 Å². The summed E-state index contributed by atoms with van der Waals surface area (Å²) in [5, 5.41) is -0.0538. The molecule has 0 spiro atoms. The molecule has 66 valence electrons. The molecule has 12 heavy (non-hydrogen) atoms. The van der Waals surface area contributed by atoms with E-state index in [-0.39, 0.29) is 10.8 Å². The summed E-state index contributed by atoms with van der Waals surface area (Å²) < 4.78 is 24.2. The van der Waals surface area contributed by atoms with Gasteiger partial charge in [-0.1, -0.05) is 11.6 Å². The Hall–Kier alpha value is -1.10. The highest BCUT2D eigenvalue weighted by molar-refractivity contribution is 6.29. The zero-order valence-corrected chi connectivity index (χ0v) is 6.53. The van der Waals surface area contributed by atoms with Crippen molar-refractivity contribution in [1.82, 2.24) is 4.98 Å². The van der Waals surface area contributed by atoms with Crippen molar-refractivity contribution in [2.45, 2.75) is 6.43 Å². The largest absolute Gasteiger partial charge is 0.398 e. The number of H-pyrrole nitrogens is 1. The molecule has 0 unspecified atom stereocenters. The smallest absolute Gasteiger partial charge is 0.271 e. The van der Waals surface area contributed by atoms with Gasteiger partial charge in [0.05, 0.1) is 0 Å². The molecule has 0 radical (unpaired) electrons. The lowest BCUT2D eigenvalue weighted by Crippen LogP contribution is -2.15. The minimum atomic E-state index is -2.88. The van der Waals surface area contributed by atoms with Crippen LogP contribution in [0, 0.1) is 0 Å². The normalized spacial score (nSPS) is 10.7. The number of alkyl halides is 2. The minimum absolute atomic E-state index is 0.0538. The first-order valence-corrected chi connectivity index (χ1v) is 3.36. The van der Waals surface area contributed by atoms with E-state index in [2.05, 4.69) is 0 Å². The van der Waals surface area contributed by atoms with E-state index in [1.165, 1.54) is 0 Å². The van der Waals surface area contributed by atoms with Crippen LogP contribution in [0.3, 0.4) is 0 Å². The van der Waals surface area contributed by atoms with Crippen molar-refractivity contribution in [3.63, 3.8) is 0 Å². The molecule has 1 heterocycles. The maximum atomic E-state index is 12.1. The van der Waals surface area contributed by atoms with Crippen molar-refractivity contribution >= 4 is 17.3 Å². The molecule has 0 fully saturated rings. The summed E-state index contributed by atoms with van der Waals surface area (Å²) in [5.41, 5.74) is 3.16. The minimum Gasteiger partial charge on any atom is -0.398 e. The predicted molar refractivity (Wildman–Crippen MR) is 41.4 cm³/mol. The molecule has 1 aromatic heterocycles. The SMILES string of the molecule is Nc1cc(Cl)[nH]c(=O)c1C(F)F. The average Bonchev–Trinajstić information content (AvgIpc) is 1.82. The lowest BCUT2D eigenvalue weighted by atomic mass is 10.2. The van der Waals surface area contributed by atoms with Gasteiger partial charge in [-0.25, -0.2) is 8.78 Å². The zero-order valence-electron chi connectivity index (χ0n) is 5.77. The molecule has 1 aromatic rings. The van der Waals surface area contributed by atoms with Crippen LogP contribution in [-0.4, -0.2) is 4.98 Å². The van der Waals surface area contributed by atoms with Crippen LogP contribution in [0.5, 0.6) is 0 Å². The molecule has 0 saturated carbocycles. The first-order chi connectivity index (χ1) is 5.52. The number of pyridine rings is 1. The standard InChI is InChI=1S/C6H5ClF2N2O/c7-3-1-2(10)4(5(8)9)6(12)11-3/h1,5H,(H3,10,11,12). The molecule has 1 rings (SSSR count). The van der Waals surface area contributed by atoms with Crippen molar-refractivity contribution in [2.24, 2.45) is 0 Å². The maximum Gasteiger partial charge on any atom is 0.271 e. The number of nitrogens with one attached hydrogen (secondary N) is 1. The van der Waals surface area contributed by atoms with Crippen LogP contribution in [0.15, 0.2) is 10.9 Å². The van der Waals surface area contributed by atoms with Crippen LogP contribution in [0.25, 0.3) is 0 Å². The van der Waals surface area contributed by atoms with E-state index >= 15 is 0 Å². The third-order valence-corrected chi connectivity index (χ3v) is 1.49. The molecule has 3 nitrogen and oxygen atoms in total. The summed E-state index contributed by atoms with van der Waals surface area (Å²) >= 11 is 5.35. The van der Waals surface area contributed by atoms with Crippen molar-refractivity contribution < 1.29 is 8.78 Å². The fraction of sp³-hybridized carbons (Fsp3) is 0.167. The van der Waals surface area contributed by atoms with Crippen LogP contribution in [0.2, 0.25) is 5.15 Å². The van der Waals surface area contributed by atoms with Gasteiger partial charge in [-0.3, -0.25) is 4.79 Å². The maximum absolute atomic E-state index is 12.1. The summed E-state index contributed by atoms with van der Waals surface area (Å²) in [6.07, 6.45) is -2.88. The Kier molecular flexibility index (Phi) is 2.32. The van der Waals surface area contributed by atoms with Gasteiger partial charge in [-0.2, -0.15) is 0 Å². The second-order valence-corrected chi connectivity index (χ2v) is 2.52. The number of aromatic nitrogens is 1. The molecular weight excluding hydrogens is 190 g/mol. The van der Waals surface area contributed by atoms with Gasteiger partial charge in [-0.05, 0) is 6.07 Å². The Morgan fingerprint density at radius 1 is 1.58 bits per heavy atom. The van der Waals surface area contributed by atoms with Crippen LogP contribution in [0.4, 0.5) is 14.5 Å². The number of hydrogen-bond acceptors (Lipinski definition) is 2. The van der Waals surface area contributed by atoms with Gasteiger partial charge >= 0.3 is 0 Å². The van der Waals surface area contributed by atoms with E-state index in [4.69, 9.17) is 17.3 Å². The second kappa shape index (κ2) is 3.10. The van der Waals surface area contributed by atoms with Gasteiger partial charge in [0, 0.05) is 5.69 Å². The van der Waals surface area contributed by atoms with Gasteiger partial charge in [0.1, 0.15) is 10.7 Å². The predicted octanol–water partition coefficient (Wildman–Crippen LogP) is 1.55. The third kappa shape index (κ3) is 1.55. The van der Waals surface area contributed by atoms with Gasteiger partial charge in [0.2, 0.25) is 0 Å². The van der Waals surface area contributed by atoms with Crippen LogP contribution in [-0.2, 0) is 0 Å². The topological polar surface area (TPSA) is 58.9 Å². The van der Waals surface area contributed by atoms with Crippen molar-refractivity contribution in [1.29, 1.82) is 0 Å². The fourth-order valence-electron chi connectivity index (χ4n) is 0.782. The van der Waals surface area contributed by atoms with E-state index in [0.717, 1.165) is 6.07 Å². The average molecular weight is 195 g/mol. The quantitative estimate of drug-likeness (QED) is 0.667. The Morgan fingerprint density at radius 3 is 2.58 bits per heavy atom. The number of halogens is 3. The third-order valence-electron chi connectivity index (χ3n) is 1.29. The van der Waals surface area contributed by atoms with Gasteiger partial charge < -0.3 is 10.7 Å². The molecule has 0 saturated heterocycles. The summed E-state index contributed by atoms with van der Waals surface area (Å²) in [4.78, 5) is 12.8. The van der Waals surface area contributed by atoms with E-state index in [1.807, 2.05) is 4.98 Å². The lowest BCUT2D eigenvalue weighted by molar-refractivity contribution is 0.150. The lowest BCUT2D eigenvalue weighted by Gasteiger charge is -2.02. The van der Waals surface area contributed by atoms with E-state index < -0.39 is 17.5 Å².